The Labute approximate surface area is 400 Å². The number of nitrogens with zero attached hydrogens (tertiary/aromatic N) is 2. The number of fused-ring (bicyclic) bond motifs is 3. The molecule has 0 saturated carbocycles. The minimum absolute atomic E-state index is 0.0317. The Hall–Kier alpha value is -6.50. The summed E-state index contributed by atoms with van der Waals surface area (Å²) in [6.45, 7) is 9.58. The van der Waals surface area contributed by atoms with Gasteiger partial charge in [0.05, 0.1) is 12.1 Å². The number of ether oxygens (including phenoxy) is 1. The molecule has 2 aliphatic heterocycles. The third-order valence-corrected chi connectivity index (χ3v) is 14.4. The van der Waals surface area contributed by atoms with E-state index in [0.717, 1.165) is 60.8 Å². The molecule has 4 aromatic carbocycles. The summed E-state index contributed by atoms with van der Waals surface area (Å²) in [5, 5.41) is 12.6. The smallest absolute Gasteiger partial charge is 0.410 e. The predicted molar refractivity (Wildman–Crippen MR) is 259 cm³/mol. The quantitative estimate of drug-likeness (QED) is 0.115. The number of rotatable bonds is 12. The van der Waals surface area contributed by atoms with Gasteiger partial charge in [-0.05, 0) is 108 Å². The van der Waals surface area contributed by atoms with E-state index in [2.05, 4.69) is 39.5 Å². The summed E-state index contributed by atoms with van der Waals surface area (Å²) in [5.41, 5.74) is 6.56. The molecule has 358 valence electrons. The predicted octanol–water partition coefficient (Wildman–Crippen LogP) is 7.41. The maximum absolute atomic E-state index is 14.9. The Bertz CT molecular complexity index is 2520. The molecule has 0 aromatic heterocycles. The maximum atomic E-state index is 14.9. The Morgan fingerprint density at radius 2 is 1.31 bits per heavy atom. The molecule has 0 radical (unpaired) electrons. The van der Waals surface area contributed by atoms with Crippen molar-refractivity contribution >= 4 is 35.6 Å². The van der Waals surface area contributed by atoms with Gasteiger partial charge in [-0.1, -0.05) is 120 Å². The summed E-state index contributed by atoms with van der Waals surface area (Å²) in [6, 6.07) is 27.2. The molecule has 3 unspecified atom stereocenters. The summed E-state index contributed by atoms with van der Waals surface area (Å²) in [6.07, 6.45) is 5.64. The van der Waals surface area contributed by atoms with E-state index in [1.54, 1.807) is 17.0 Å². The van der Waals surface area contributed by atoms with Gasteiger partial charge in [0.15, 0.2) is 0 Å². The molecule has 68 heavy (non-hydrogen) atoms. The summed E-state index contributed by atoms with van der Waals surface area (Å²) in [5.74, 6) is -1.89. The van der Waals surface area contributed by atoms with Crippen molar-refractivity contribution in [1.29, 1.82) is 0 Å². The first-order chi connectivity index (χ1) is 32.7. The molecule has 7 atom stereocenters. The number of aryl methyl sites for hydroxylation is 2. The van der Waals surface area contributed by atoms with Crippen molar-refractivity contribution in [2.24, 2.45) is 11.3 Å². The summed E-state index contributed by atoms with van der Waals surface area (Å²) in [4.78, 5) is 87.9. The summed E-state index contributed by atoms with van der Waals surface area (Å²) >= 11 is 0. The van der Waals surface area contributed by atoms with Crippen LogP contribution in [0.2, 0.25) is 0 Å². The van der Waals surface area contributed by atoms with Crippen molar-refractivity contribution in [1.82, 2.24) is 31.1 Å². The number of nitrogens with one attached hydrogen (secondary N) is 4. The lowest BCUT2D eigenvalue weighted by Crippen LogP contribution is -2.61. The second-order valence-electron chi connectivity index (χ2n) is 20.2. The van der Waals surface area contributed by atoms with E-state index in [4.69, 9.17) is 4.74 Å². The zero-order valence-electron chi connectivity index (χ0n) is 40.0. The number of benzene rings is 4. The zero-order valence-corrected chi connectivity index (χ0v) is 40.0. The lowest BCUT2D eigenvalue weighted by Gasteiger charge is -2.42. The number of hydrogen-bond donors (Lipinski definition) is 4. The molecule has 6 amide bonds. The Morgan fingerprint density at radius 3 is 1.93 bits per heavy atom. The fraction of sp³-hybridized carbons (Fsp3) is 0.455. The lowest BCUT2D eigenvalue weighted by molar-refractivity contribution is -0.147. The van der Waals surface area contributed by atoms with Crippen molar-refractivity contribution < 1.29 is 33.5 Å². The molecule has 8 rings (SSSR count). The lowest BCUT2D eigenvalue weighted by atomic mass is 9.83. The standard InChI is InChI=1S/C55H66N6O7/c1-6-34(2)49(62)59-48(55(3,4)5)53(66)60-31-40-28-39(27-26-38(40)29-46(60)51(64)57-44-24-14-20-36-18-10-12-22-42(36)44)50(63)56-41-30-47(61(32-41)54(67)68-33-35-16-8-7-9-17-35)52(65)58-45-25-15-21-37-19-11-13-23-43(37)45/h7-13,16-19,22-23,26-28,34,41,44-48H,6,14-15,20-21,24-25,29-33H2,1-5H3,(H,56,63)(H,57,64)(H,58,65)(H,59,62)/t34-,41?,44?,45?,46+,47+,48-/m1/s1. The van der Waals surface area contributed by atoms with Crippen LogP contribution in [0.25, 0.3) is 0 Å². The van der Waals surface area contributed by atoms with Gasteiger partial charge in [0, 0.05) is 37.0 Å². The molecule has 13 nitrogen and oxygen atoms in total. The van der Waals surface area contributed by atoms with Crippen LogP contribution in [0.1, 0.15) is 135 Å². The first kappa shape index (κ1) is 48.0. The van der Waals surface area contributed by atoms with Crippen molar-refractivity contribution in [2.75, 3.05) is 6.54 Å². The molecule has 4 N–H and O–H groups in total. The van der Waals surface area contributed by atoms with Crippen molar-refractivity contribution in [2.45, 2.75) is 142 Å². The largest absolute Gasteiger partial charge is 0.445 e. The molecule has 4 aliphatic rings. The van der Waals surface area contributed by atoms with Crippen LogP contribution in [-0.4, -0.2) is 76.1 Å². The van der Waals surface area contributed by atoms with Crippen LogP contribution < -0.4 is 21.3 Å². The highest BCUT2D eigenvalue weighted by atomic mass is 16.6. The molecular weight excluding hydrogens is 857 g/mol. The van der Waals surface area contributed by atoms with Gasteiger partial charge in [-0.2, -0.15) is 0 Å². The van der Waals surface area contributed by atoms with E-state index in [1.165, 1.54) is 16.0 Å². The van der Waals surface area contributed by atoms with Gasteiger partial charge in [-0.15, -0.1) is 0 Å². The number of carbonyl (C=O) groups is 6. The normalized spacial score (nSPS) is 21.8. The molecule has 0 bridgehead atoms. The van der Waals surface area contributed by atoms with Gasteiger partial charge < -0.3 is 30.9 Å². The van der Waals surface area contributed by atoms with E-state index < -0.39 is 41.6 Å². The summed E-state index contributed by atoms with van der Waals surface area (Å²) < 4.78 is 5.74. The fourth-order valence-electron chi connectivity index (χ4n) is 10.3. The van der Waals surface area contributed by atoms with E-state index in [9.17, 15) is 28.8 Å². The average Bonchev–Trinajstić information content (AvgIpc) is 3.78. The third kappa shape index (κ3) is 10.8. The van der Waals surface area contributed by atoms with Crippen molar-refractivity contribution in [3.63, 3.8) is 0 Å². The molecule has 2 aliphatic carbocycles. The first-order valence-electron chi connectivity index (χ1n) is 24.5. The second kappa shape index (κ2) is 20.8. The fourth-order valence-corrected chi connectivity index (χ4v) is 10.3. The van der Waals surface area contributed by atoms with Crippen LogP contribution in [0.5, 0.6) is 0 Å². The van der Waals surface area contributed by atoms with E-state index >= 15 is 0 Å². The van der Waals surface area contributed by atoms with Crippen LogP contribution in [-0.2, 0) is 56.3 Å². The molecular formula is C55H66N6O7. The summed E-state index contributed by atoms with van der Waals surface area (Å²) in [7, 11) is 0. The van der Waals surface area contributed by atoms with E-state index in [1.807, 2.05) is 101 Å². The molecule has 1 saturated heterocycles. The molecule has 13 heteroatoms. The molecule has 2 heterocycles. The number of carbonyl (C=O) groups excluding carboxylic acids is 6. The third-order valence-electron chi connectivity index (χ3n) is 14.4. The van der Waals surface area contributed by atoms with Gasteiger partial charge in [0.1, 0.15) is 24.7 Å². The highest BCUT2D eigenvalue weighted by Gasteiger charge is 2.45. The van der Waals surface area contributed by atoms with Crippen LogP contribution in [0, 0.1) is 11.3 Å². The maximum Gasteiger partial charge on any atom is 0.410 e. The molecule has 0 spiro atoms. The van der Waals surface area contributed by atoms with Crippen LogP contribution >= 0.6 is 0 Å². The first-order valence-corrected chi connectivity index (χ1v) is 24.5. The topological polar surface area (TPSA) is 166 Å². The Balaban J connectivity index is 1.02. The monoisotopic (exact) mass is 922 g/mol. The van der Waals surface area contributed by atoms with Gasteiger partial charge in [-0.25, -0.2) is 4.79 Å². The minimum atomic E-state index is -0.926. The average molecular weight is 923 g/mol. The molecule has 1 fully saturated rings. The Morgan fingerprint density at radius 1 is 0.706 bits per heavy atom. The van der Waals surface area contributed by atoms with Crippen molar-refractivity contribution in [3.8, 4) is 0 Å². The van der Waals surface area contributed by atoms with Gasteiger partial charge in [0.25, 0.3) is 5.91 Å². The van der Waals surface area contributed by atoms with Crippen LogP contribution in [0.3, 0.4) is 0 Å². The second-order valence-corrected chi connectivity index (χ2v) is 20.2. The van der Waals surface area contributed by atoms with E-state index in [-0.39, 0.29) is 74.2 Å². The highest BCUT2D eigenvalue weighted by Crippen LogP contribution is 2.34. The number of likely N-dealkylation sites (tertiary alicyclic amines) is 1. The SMILES string of the molecule is CC[C@@H](C)C(=O)N[C@H](C(=O)N1Cc2cc(C(=O)NC3C[C@@H](C(=O)NC4CCCc5ccccc54)N(C(=O)OCc4ccccc4)C3)ccc2C[C@H]1C(=O)NC1CCCc2ccccc21)C(C)(C)C. The van der Waals surface area contributed by atoms with Crippen LogP contribution in [0.15, 0.2) is 97.1 Å². The van der Waals surface area contributed by atoms with E-state index in [0.29, 0.717) is 17.5 Å². The van der Waals surface area contributed by atoms with Crippen molar-refractivity contribution in [3.05, 3.63) is 142 Å². The zero-order chi connectivity index (χ0) is 48.1. The van der Waals surface area contributed by atoms with Gasteiger partial charge in [-0.3, -0.25) is 28.9 Å². The van der Waals surface area contributed by atoms with Gasteiger partial charge in [0.2, 0.25) is 23.6 Å². The van der Waals surface area contributed by atoms with Crippen LogP contribution in [0.4, 0.5) is 4.79 Å². The minimum Gasteiger partial charge on any atom is -0.445 e. The highest BCUT2D eigenvalue weighted by molar-refractivity contribution is 5.96. The van der Waals surface area contributed by atoms with Gasteiger partial charge >= 0.3 is 6.09 Å². The Kier molecular flexibility index (Phi) is 14.7. The molecule has 4 aromatic rings. The number of hydrogen-bond acceptors (Lipinski definition) is 7. The number of amides is 6.